The van der Waals surface area contributed by atoms with E-state index in [-0.39, 0.29) is 0 Å². The van der Waals surface area contributed by atoms with Crippen LogP contribution in [0.4, 0.5) is 17.2 Å². The average molecular weight is 358 g/mol. The highest BCUT2D eigenvalue weighted by molar-refractivity contribution is 7.80. The summed E-state index contributed by atoms with van der Waals surface area (Å²) in [4.78, 5) is 4.74. The van der Waals surface area contributed by atoms with Gasteiger partial charge in [-0.25, -0.2) is 0 Å². The molecule has 0 saturated carbocycles. The van der Waals surface area contributed by atoms with Crippen molar-refractivity contribution in [3.05, 3.63) is 36.4 Å². The summed E-state index contributed by atoms with van der Waals surface area (Å²) in [7, 11) is 3.71. The lowest BCUT2D eigenvalue weighted by Crippen LogP contribution is -2.44. The van der Waals surface area contributed by atoms with Gasteiger partial charge in [0.15, 0.2) is 10.9 Å². The standard InChI is InChI=1S/C17H22N6OS/c1-22-9-11-23(12-10-22)14-5-3-13(4-6-14)18-17(25)19-15-7-8-16(24-2)21-20-15/h3-8H,9-12H2,1-2H3,(H2,18,19,20,25). The topological polar surface area (TPSA) is 65.6 Å². The van der Waals surface area contributed by atoms with Crippen LogP contribution in [0, 0.1) is 0 Å². The van der Waals surface area contributed by atoms with Crippen molar-refractivity contribution in [2.45, 2.75) is 0 Å². The summed E-state index contributed by atoms with van der Waals surface area (Å²) < 4.78 is 4.98. The molecule has 0 aliphatic carbocycles. The maximum atomic E-state index is 5.31. The first kappa shape index (κ1) is 17.4. The van der Waals surface area contributed by atoms with Crippen LogP contribution in [0.3, 0.4) is 0 Å². The molecule has 1 fully saturated rings. The van der Waals surface area contributed by atoms with Crippen molar-refractivity contribution in [2.75, 3.05) is 55.9 Å². The first-order valence-electron chi connectivity index (χ1n) is 8.13. The number of piperazine rings is 1. The van der Waals surface area contributed by atoms with Crippen LogP contribution in [0.1, 0.15) is 0 Å². The van der Waals surface area contributed by atoms with Gasteiger partial charge in [-0.15, -0.1) is 10.2 Å². The number of hydrogen-bond donors (Lipinski definition) is 2. The highest BCUT2D eigenvalue weighted by Crippen LogP contribution is 2.19. The van der Waals surface area contributed by atoms with Gasteiger partial charge in [-0.3, -0.25) is 0 Å². The minimum atomic E-state index is 0.462. The predicted octanol–water partition coefficient (Wildman–Crippen LogP) is 2.05. The van der Waals surface area contributed by atoms with E-state index in [2.05, 4.69) is 49.8 Å². The fraction of sp³-hybridized carbons (Fsp3) is 0.353. The zero-order valence-electron chi connectivity index (χ0n) is 14.4. The summed E-state index contributed by atoms with van der Waals surface area (Å²) in [5.41, 5.74) is 2.16. The molecule has 1 saturated heterocycles. The lowest BCUT2D eigenvalue weighted by atomic mass is 10.2. The fourth-order valence-corrected chi connectivity index (χ4v) is 2.82. The van der Waals surface area contributed by atoms with Crippen molar-refractivity contribution >= 4 is 34.5 Å². The number of benzene rings is 1. The van der Waals surface area contributed by atoms with Gasteiger partial charge in [0, 0.05) is 43.6 Å². The van der Waals surface area contributed by atoms with E-state index in [1.54, 1.807) is 19.2 Å². The molecule has 25 heavy (non-hydrogen) atoms. The molecule has 1 aliphatic rings. The second kappa shape index (κ2) is 8.09. The molecular weight excluding hydrogens is 336 g/mol. The van der Waals surface area contributed by atoms with Crippen LogP contribution < -0.4 is 20.3 Å². The maximum Gasteiger partial charge on any atom is 0.233 e. The molecule has 7 nitrogen and oxygen atoms in total. The molecule has 0 spiro atoms. The molecular formula is C17H22N6OS. The number of nitrogens with zero attached hydrogens (tertiary/aromatic N) is 4. The quantitative estimate of drug-likeness (QED) is 0.805. The number of methoxy groups -OCH3 is 1. The van der Waals surface area contributed by atoms with Crippen molar-refractivity contribution in [1.29, 1.82) is 0 Å². The van der Waals surface area contributed by atoms with Gasteiger partial charge in [0.25, 0.3) is 0 Å². The Labute approximate surface area is 153 Å². The minimum Gasteiger partial charge on any atom is -0.480 e. The Kier molecular flexibility index (Phi) is 5.62. The van der Waals surface area contributed by atoms with Crippen LogP contribution in [0.5, 0.6) is 5.88 Å². The van der Waals surface area contributed by atoms with Crippen molar-refractivity contribution in [1.82, 2.24) is 15.1 Å². The normalized spacial score (nSPS) is 14.9. The summed E-state index contributed by atoms with van der Waals surface area (Å²) in [5.74, 6) is 1.02. The van der Waals surface area contributed by atoms with Gasteiger partial charge in [-0.2, -0.15) is 0 Å². The van der Waals surface area contributed by atoms with Crippen molar-refractivity contribution in [3.8, 4) is 5.88 Å². The van der Waals surface area contributed by atoms with Crippen LogP contribution in [-0.4, -0.2) is 60.5 Å². The molecule has 1 aliphatic heterocycles. The maximum absolute atomic E-state index is 5.31. The van der Waals surface area contributed by atoms with Crippen LogP contribution in [0.25, 0.3) is 0 Å². The molecule has 8 heteroatoms. The second-order valence-electron chi connectivity index (χ2n) is 5.88. The largest absolute Gasteiger partial charge is 0.480 e. The number of hydrogen-bond acceptors (Lipinski definition) is 6. The van der Waals surface area contributed by atoms with Crippen molar-refractivity contribution < 1.29 is 4.74 Å². The summed E-state index contributed by atoms with van der Waals surface area (Å²) in [6.45, 7) is 4.30. The molecule has 0 unspecified atom stereocenters. The average Bonchev–Trinajstić information content (AvgIpc) is 2.64. The Morgan fingerprint density at radius 3 is 2.32 bits per heavy atom. The minimum absolute atomic E-state index is 0.462. The number of nitrogens with one attached hydrogen (secondary N) is 2. The van der Waals surface area contributed by atoms with E-state index < -0.39 is 0 Å². The van der Waals surface area contributed by atoms with E-state index in [0.717, 1.165) is 31.9 Å². The molecule has 0 radical (unpaired) electrons. The third kappa shape index (κ3) is 4.77. The first-order valence-corrected chi connectivity index (χ1v) is 8.54. The molecule has 2 N–H and O–H groups in total. The number of thiocarbonyl (C=S) groups is 1. The van der Waals surface area contributed by atoms with Crippen LogP contribution in [0.15, 0.2) is 36.4 Å². The Morgan fingerprint density at radius 2 is 1.72 bits per heavy atom. The molecule has 1 aromatic heterocycles. The van der Waals surface area contributed by atoms with E-state index in [1.165, 1.54) is 5.69 Å². The molecule has 3 rings (SSSR count). The number of anilines is 3. The van der Waals surface area contributed by atoms with Gasteiger partial charge in [-0.05, 0) is 49.6 Å². The second-order valence-corrected chi connectivity index (χ2v) is 6.29. The monoisotopic (exact) mass is 358 g/mol. The van der Waals surface area contributed by atoms with Gasteiger partial charge in [-0.1, -0.05) is 0 Å². The summed E-state index contributed by atoms with van der Waals surface area (Å²) in [6, 6.07) is 11.8. The first-order chi connectivity index (χ1) is 12.1. The third-order valence-electron chi connectivity index (χ3n) is 4.08. The molecule has 132 valence electrons. The Bertz CT molecular complexity index is 698. The Hall–Kier alpha value is -2.45. The van der Waals surface area contributed by atoms with E-state index in [1.807, 2.05) is 12.1 Å². The van der Waals surface area contributed by atoms with E-state index in [0.29, 0.717) is 16.8 Å². The fourth-order valence-electron chi connectivity index (χ4n) is 2.59. The number of rotatable bonds is 4. The van der Waals surface area contributed by atoms with E-state index in [9.17, 15) is 0 Å². The summed E-state index contributed by atoms with van der Waals surface area (Å²) in [6.07, 6.45) is 0. The van der Waals surface area contributed by atoms with Gasteiger partial charge in [0.05, 0.1) is 7.11 Å². The lowest BCUT2D eigenvalue weighted by Gasteiger charge is -2.34. The molecule has 1 aromatic carbocycles. The summed E-state index contributed by atoms with van der Waals surface area (Å²) in [5, 5.41) is 14.5. The highest BCUT2D eigenvalue weighted by atomic mass is 32.1. The number of ether oxygens (including phenoxy) is 1. The van der Waals surface area contributed by atoms with Gasteiger partial charge >= 0.3 is 0 Å². The summed E-state index contributed by atoms with van der Waals surface area (Å²) >= 11 is 5.31. The van der Waals surface area contributed by atoms with Crippen molar-refractivity contribution in [2.24, 2.45) is 0 Å². The lowest BCUT2D eigenvalue weighted by molar-refractivity contribution is 0.313. The van der Waals surface area contributed by atoms with Crippen LogP contribution >= 0.6 is 12.2 Å². The molecule has 0 bridgehead atoms. The third-order valence-corrected chi connectivity index (χ3v) is 4.29. The van der Waals surface area contributed by atoms with Crippen LogP contribution in [-0.2, 0) is 0 Å². The zero-order chi connectivity index (χ0) is 17.6. The molecule has 2 heterocycles. The van der Waals surface area contributed by atoms with E-state index >= 15 is 0 Å². The van der Waals surface area contributed by atoms with Gasteiger partial charge < -0.3 is 25.2 Å². The van der Waals surface area contributed by atoms with E-state index in [4.69, 9.17) is 17.0 Å². The zero-order valence-corrected chi connectivity index (χ0v) is 15.2. The number of likely N-dealkylation sites (N-methyl/N-ethyl adjacent to an activating group) is 1. The molecule has 0 amide bonds. The van der Waals surface area contributed by atoms with Gasteiger partial charge in [0.1, 0.15) is 0 Å². The highest BCUT2D eigenvalue weighted by Gasteiger charge is 2.14. The smallest absolute Gasteiger partial charge is 0.233 e. The SMILES string of the molecule is COc1ccc(NC(=S)Nc2ccc(N3CCN(C)CC3)cc2)nn1. The Morgan fingerprint density at radius 1 is 1.00 bits per heavy atom. The van der Waals surface area contributed by atoms with Crippen LogP contribution in [0.2, 0.25) is 0 Å². The molecule has 0 atom stereocenters. The Balaban J connectivity index is 1.54. The molecule has 2 aromatic rings. The van der Waals surface area contributed by atoms with Gasteiger partial charge in [0.2, 0.25) is 5.88 Å². The predicted molar refractivity (Wildman–Crippen MR) is 105 cm³/mol. The van der Waals surface area contributed by atoms with Crippen molar-refractivity contribution in [3.63, 3.8) is 0 Å². The number of aromatic nitrogens is 2.